The second kappa shape index (κ2) is 7.06. The van der Waals surface area contributed by atoms with Crippen molar-refractivity contribution in [2.75, 3.05) is 0 Å². The summed E-state index contributed by atoms with van der Waals surface area (Å²) in [5.74, 6) is 0.336. The number of hydrogen-bond acceptors (Lipinski definition) is 3. The zero-order valence-electron chi connectivity index (χ0n) is 8.66. The van der Waals surface area contributed by atoms with Crippen LogP contribution in [0.2, 0.25) is 0 Å². The van der Waals surface area contributed by atoms with Gasteiger partial charge in [0.25, 0.3) is 0 Å². The van der Waals surface area contributed by atoms with Crippen molar-refractivity contribution < 1.29 is 5.21 Å². The third kappa shape index (κ3) is 5.80. The van der Waals surface area contributed by atoms with Crippen LogP contribution in [0.4, 0.5) is 0 Å². The smallest absolute Gasteiger partial charge is 0.140 e. The van der Waals surface area contributed by atoms with Crippen molar-refractivity contribution in [2.24, 2.45) is 10.9 Å². The molecule has 4 heteroatoms. The first kappa shape index (κ1) is 12.6. The Bertz CT molecular complexity index is 162. The molecule has 0 amide bonds. The zero-order chi connectivity index (χ0) is 10.3. The van der Waals surface area contributed by atoms with Crippen molar-refractivity contribution in [1.29, 1.82) is 0 Å². The topological polar surface area (TPSA) is 58.6 Å². The van der Waals surface area contributed by atoms with Gasteiger partial charge in [0.1, 0.15) is 5.84 Å². The summed E-state index contributed by atoms with van der Waals surface area (Å²) >= 11 is 1.92. The highest BCUT2D eigenvalue weighted by Gasteiger charge is 2.12. The molecular formula is C9H20N2OS. The summed E-state index contributed by atoms with van der Waals surface area (Å²) in [4.78, 5) is 0. The standard InChI is InChI=1S/C9H20N2OS/c1-4-7(3)13-8(5-2)6-9(10)11-12/h7-8,12H,4-6H2,1-3H3,(H2,10,11). The largest absolute Gasteiger partial charge is 0.409 e. The molecular weight excluding hydrogens is 184 g/mol. The van der Waals surface area contributed by atoms with E-state index >= 15 is 0 Å². The van der Waals surface area contributed by atoms with E-state index in [1.807, 2.05) is 11.8 Å². The maximum atomic E-state index is 8.42. The van der Waals surface area contributed by atoms with Crippen LogP contribution in [0.3, 0.4) is 0 Å². The van der Waals surface area contributed by atoms with E-state index in [1.54, 1.807) is 0 Å². The van der Waals surface area contributed by atoms with E-state index in [1.165, 1.54) is 0 Å². The maximum Gasteiger partial charge on any atom is 0.140 e. The Morgan fingerprint density at radius 1 is 1.46 bits per heavy atom. The second-order valence-electron chi connectivity index (χ2n) is 3.18. The predicted octanol–water partition coefficient (Wildman–Crippen LogP) is 2.43. The van der Waals surface area contributed by atoms with E-state index in [2.05, 4.69) is 25.9 Å². The highest BCUT2D eigenvalue weighted by molar-refractivity contribution is 8.00. The van der Waals surface area contributed by atoms with Crippen molar-refractivity contribution in [3.63, 3.8) is 0 Å². The fourth-order valence-corrected chi connectivity index (χ4v) is 2.30. The predicted molar refractivity (Wildman–Crippen MR) is 59.4 cm³/mol. The van der Waals surface area contributed by atoms with Crippen LogP contribution in [-0.2, 0) is 0 Å². The van der Waals surface area contributed by atoms with E-state index in [9.17, 15) is 0 Å². The van der Waals surface area contributed by atoms with Gasteiger partial charge < -0.3 is 10.9 Å². The van der Waals surface area contributed by atoms with Gasteiger partial charge in [-0.3, -0.25) is 0 Å². The van der Waals surface area contributed by atoms with Gasteiger partial charge in [0, 0.05) is 16.9 Å². The van der Waals surface area contributed by atoms with E-state index in [4.69, 9.17) is 10.9 Å². The molecule has 2 atom stereocenters. The number of rotatable bonds is 6. The third-order valence-corrected chi connectivity index (χ3v) is 3.70. The number of thioether (sulfide) groups is 1. The van der Waals surface area contributed by atoms with Crippen LogP contribution in [0, 0.1) is 0 Å². The molecule has 0 radical (unpaired) electrons. The quantitative estimate of drug-likeness (QED) is 0.302. The monoisotopic (exact) mass is 204 g/mol. The van der Waals surface area contributed by atoms with Gasteiger partial charge in [-0.15, -0.1) is 0 Å². The van der Waals surface area contributed by atoms with Crippen LogP contribution in [0.1, 0.15) is 40.0 Å². The molecule has 0 heterocycles. The SMILES string of the molecule is CCC(C)SC(CC)C/C(N)=N/O. The van der Waals surface area contributed by atoms with Crippen molar-refractivity contribution in [3.05, 3.63) is 0 Å². The van der Waals surface area contributed by atoms with Gasteiger partial charge in [-0.1, -0.05) is 25.9 Å². The summed E-state index contributed by atoms with van der Waals surface area (Å²) in [6.45, 7) is 6.51. The Kier molecular flexibility index (Phi) is 6.86. The molecule has 13 heavy (non-hydrogen) atoms. The maximum absolute atomic E-state index is 8.42. The summed E-state index contributed by atoms with van der Waals surface area (Å²) < 4.78 is 0. The van der Waals surface area contributed by atoms with Gasteiger partial charge in [-0.25, -0.2) is 0 Å². The van der Waals surface area contributed by atoms with Gasteiger partial charge in [0.05, 0.1) is 0 Å². The average Bonchev–Trinajstić information content (AvgIpc) is 2.16. The molecule has 3 nitrogen and oxygen atoms in total. The number of amidine groups is 1. The lowest BCUT2D eigenvalue weighted by Crippen LogP contribution is -2.19. The summed E-state index contributed by atoms with van der Waals surface area (Å²) in [5, 5.41) is 12.5. The Labute approximate surface area is 84.8 Å². The number of nitrogens with zero attached hydrogens (tertiary/aromatic N) is 1. The normalized spacial score (nSPS) is 17.0. The molecule has 0 aliphatic heterocycles. The lowest BCUT2D eigenvalue weighted by Gasteiger charge is -2.17. The molecule has 0 aromatic rings. The van der Waals surface area contributed by atoms with Crippen LogP contribution < -0.4 is 5.73 Å². The van der Waals surface area contributed by atoms with E-state index in [-0.39, 0.29) is 0 Å². The number of nitrogens with two attached hydrogens (primary N) is 1. The Morgan fingerprint density at radius 3 is 2.46 bits per heavy atom. The Hall–Kier alpha value is -0.380. The van der Waals surface area contributed by atoms with E-state index < -0.39 is 0 Å². The molecule has 0 aliphatic carbocycles. The van der Waals surface area contributed by atoms with Gasteiger partial charge in [0.15, 0.2) is 0 Å². The Morgan fingerprint density at radius 2 is 2.08 bits per heavy atom. The molecule has 0 aromatic heterocycles. The summed E-state index contributed by atoms with van der Waals surface area (Å²) in [6.07, 6.45) is 2.91. The first-order valence-corrected chi connectivity index (χ1v) is 5.70. The van der Waals surface area contributed by atoms with Gasteiger partial charge in [-0.05, 0) is 12.8 Å². The number of hydrogen-bond donors (Lipinski definition) is 2. The fourth-order valence-electron chi connectivity index (χ4n) is 0.988. The average molecular weight is 204 g/mol. The van der Waals surface area contributed by atoms with Crippen LogP contribution in [-0.4, -0.2) is 21.5 Å². The van der Waals surface area contributed by atoms with Crippen LogP contribution in [0.5, 0.6) is 0 Å². The van der Waals surface area contributed by atoms with Gasteiger partial charge in [-0.2, -0.15) is 11.8 Å². The van der Waals surface area contributed by atoms with Crippen LogP contribution >= 0.6 is 11.8 Å². The first-order valence-electron chi connectivity index (χ1n) is 4.75. The number of oxime groups is 1. The second-order valence-corrected chi connectivity index (χ2v) is 4.92. The highest BCUT2D eigenvalue weighted by atomic mass is 32.2. The van der Waals surface area contributed by atoms with Crippen LogP contribution in [0.25, 0.3) is 0 Å². The highest BCUT2D eigenvalue weighted by Crippen LogP contribution is 2.24. The summed E-state index contributed by atoms with van der Waals surface area (Å²) in [5.41, 5.74) is 5.45. The molecule has 0 rings (SSSR count). The molecule has 0 fully saturated rings. The van der Waals surface area contributed by atoms with Crippen molar-refractivity contribution >= 4 is 17.6 Å². The summed E-state index contributed by atoms with van der Waals surface area (Å²) in [6, 6.07) is 0. The molecule has 2 unspecified atom stereocenters. The van der Waals surface area contributed by atoms with Crippen LogP contribution in [0.15, 0.2) is 5.16 Å². The molecule has 0 aliphatic rings. The minimum absolute atomic E-state index is 0.336. The zero-order valence-corrected chi connectivity index (χ0v) is 9.47. The molecule has 0 saturated carbocycles. The fraction of sp³-hybridized carbons (Fsp3) is 0.889. The van der Waals surface area contributed by atoms with E-state index in [0.29, 0.717) is 22.8 Å². The molecule has 78 valence electrons. The first-order chi connectivity index (χ1) is 6.13. The lowest BCUT2D eigenvalue weighted by atomic mass is 10.2. The molecule has 0 aromatic carbocycles. The molecule has 0 saturated heterocycles. The summed E-state index contributed by atoms with van der Waals surface area (Å²) in [7, 11) is 0. The van der Waals surface area contributed by atoms with Crippen molar-refractivity contribution in [3.8, 4) is 0 Å². The third-order valence-electron chi connectivity index (χ3n) is 2.02. The van der Waals surface area contributed by atoms with Crippen molar-refractivity contribution in [1.82, 2.24) is 0 Å². The van der Waals surface area contributed by atoms with E-state index in [0.717, 1.165) is 12.8 Å². The molecule has 0 spiro atoms. The lowest BCUT2D eigenvalue weighted by molar-refractivity contribution is 0.316. The van der Waals surface area contributed by atoms with Gasteiger partial charge >= 0.3 is 0 Å². The van der Waals surface area contributed by atoms with Gasteiger partial charge in [0.2, 0.25) is 0 Å². The Balaban J connectivity index is 3.89. The van der Waals surface area contributed by atoms with Crippen molar-refractivity contribution in [2.45, 2.75) is 50.5 Å². The minimum Gasteiger partial charge on any atom is -0.409 e. The molecule has 3 N–H and O–H groups in total. The minimum atomic E-state index is 0.336. The molecule has 0 bridgehead atoms.